The summed E-state index contributed by atoms with van der Waals surface area (Å²) < 4.78 is 0. The van der Waals surface area contributed by atoms with Crippen LogP contribution in [-0.2, 0) is 25.7 Å². The monoisotopic (exact) mass is 364 g/mol. The van der Waals surface area contributed by atoms with E-state index in [1.165, 1.54) is 43.8 Å². The molecule has 2 aliphatic rings. The summed E-state index contributed by atoms with van der Waals surface area (Å²) in [6, 6.07) is 12.9. The molecular weight excluding hydrogens is 344 g/mol. The zero-order valence-corrected chi connectivity index (χ0v) is 15.6. The van der Waals surface area contributed by atoms with Gasteiger partial charge in [-0.25, -0.2) is 0 Å². The van der Waals surface area contributed by atoms with E-state index in [0.29, 0.717) is 11.5 Å². The molecule has 5 aromatic carbocycles. The Balaban J connectivity index is 1.88. The summed E-state index contributed by atoms with van der Waals surface area (Å²) in [7, 11) is 0. The van der Waals surface area contributed by atoms with Crippen LogP contribution in [0.4, 0.5) is 0 Å². The number of phenols is 2. The molecular formula is C26H20O2. The molecule has 0 saturated carbocycles. The van der Waals surface area contributed by atoms with Gasteiger partial charge >= 0.3 is 0 Å². The molecule has 0 radical (unpaired) electrons. The zero-order chi connectivity index (χ0) is 18.6. The van der Waals surface area contributed by atoms with Crippen molar-refractivity contribution in [1.29, 1.82) is 0 Å². The highest BCUT2D eigenvalue weighted by Gasteiger charge is 2.25. The average Bonchev–Trinajstić information content (AvgIpc) is 2.71. The van der Waals surface area contributed by atoms with Gasteiger partial charge < -0.3 is 10.2 Å². The van der Waals surface area contributed by atoms with Crippen LogP contribution in [0.1, 0.15) is 35.1 Å². The lowest BCUT2D eigenvalue weighted by Crippen LogP contribution is -2.05. The Morgan fingerprint density at radius 3 is 1.36 bits per heavy atom. The first kappa shape index (κ1) is 15.0. The van der Waals surface area contributed by atoms with Crippen LogP contribution < -0.4 is 0 Å². The Kier molecular flexibility index (Phi) is 2.61. The van der Waals surface area contributed by atoms with Crippen LogP contribution in [0.5, 0.6) is 11.5 Å². The van der Waals surface area contributed by atoms with Crippen molar-refractivity contribution in [3.63, 3.8) is 0 Å². The lowest BCUT2D eigenvalue weighted by Gasteiger charge is -2.25. The molecule has 5 aromatic rings. The van der Waals surface area contributed by atoms with Gasteiger partial charge in [0.25, 0.3) is 0 Å². The van der Waals surface area contributed by atoms with Crippen LogP contribution in [0.2, 0.25) is 0 Å². The van der Waals surface area contributed by atoms with E-state index in [1.54, 1.807) is 0 Å². The SMILES string of the molecule is Oc1cc2c3c(ccc4c5ccc6c7c(cc(O)c(c1c34)c75)CCC6)CCC2. The number of aryl methyl sites for hydroxylation is 4. The van der Waals surface area contributed by atoms with Crippen LogP contribution in [-0.4, -0.2) is 10.2 Å². The van der Waals surface area contributed by atoms with Gasteiger partial charge in [-0.1, -0.05) is 24.3 Å². The number of aromatic hydroxyl groups is 2. The van der Waals surface area contributed by atoms with Crippen molar-refractivity contribution in [2.75, 3.05) is 0 Å². The summed E-state index contributed by atoms with van der Waals surface area (Å²) >= 11 is 0. The molecule has 0 amide bonds. The summed E-state index contributed by atoms with van der Waals surface area (Å²) in [6.45, 7) is 0. The van der Waals surface area contributed by atoms with Gasteiger partial charge in [0.2, 0.25) is 0 Å². The van der Waals surface area contributed by atoms with Gasteiger partial charge in [0.05, 0.1) is 0 Å². The minimum atomic E-state index is 0.306. The normalized spacial score (nSPS) is 16.0. The standard InChI is InChI=1S/C26H20O2/c27-19-11-15-5-1-3-13-7-9-17-18-10-8-14-4-2-6-16-12-20(28)26(24(18)22(14)16)25(19)23(17)21(13)15/h7-12,27-28H,1-6H2. The number of fused-ring (bicyclic) bond motifs is 2. The van der Waals surface area contributed by atoms with Crippen molar-refractivity contribution < 1.29 is 10.2 Å². The number of rotatable bonds is 0. The molecule has 0 heterocycles. The van der Waals surface area contributed by atoms with Crippen molar-refractivity contribution in [3.05, 3.63) is 58.7 Å². The van der Waals surface area contributed by atoms with Crippen molar-refractivity contribution in [2.24, 2.45) is 0 Å². The largest absolute Gasteiger partial charge is 0.507 e. The van der Waals surface area contributed by atoms with E-state index >= 15 is 0 Å². The second kappa shape index (κ2) is 4.88. The Bertz CT molecular complexity index is 1360. The molecule has 2 heteroatoms. The van der Waals surface area contributed by atoms with Crippen molar-refractivity contribution in [3.8, 4) is 11.5 Å². The topological polar surface area (TPSA) is 40.5 Å². The van der Waals surface area contributed by atoms with Gasteiger partial charge in [0.1, 0.15) is 11.5 Å². The first-order valence-electron chi connectivity index (χ1n) is 10.3. The molecule has 2 nitrogen and oxygen atoms in total. The zero-order valence-electron chi connectivity index (χ0n) is 15.6. The number of hydrogen-bond acceptors (Lipinski definition) is 2. The fourth-order valence-electron chi connectivity index (χ4n) is 6.12. The van der Waals surface area contributed by atoms with Crippen molar-refractivity contribution >= 4 is 43.1 Å². The minimum Gasteiger partial charge on any atom is -0.507 e. The number of benzene rings is 5. The van der Waals surface area contributed by atoms with Crippen molar-refractivity contribution in [1.82, 2.24) is 0 Å². The van der Waals surface area contributed by atoms with Crippen LogP contribution in [0.25, 0.3) is 43.1 Å². The van der Waals surface area contributed by atoms with Crippen LogP contribution in [0, 0.1) is 0 Å². The molecule has 0 spiro atoms. The molecule has 0 saturated heterocycles. The van der Waals surface area contributed by atoms with Gasteiger partial charge in [-0.2, -0.15) is 0 Å². The van der Waals surface area contributed by atoms with Gasteiger partial charge in [0, 0.05) is 21.5 Å². The molecule has 136 valence electrons. The average molecular weight is 364 g/mol. The maximum atomic E-state index is 11.1. The second-order valence-electron chi connectivity index (χ2n) is 8.61. The highest BCUT2D eigenvalue weighted by Crippen LogP contribution is 2.51. The first-order valence-corrected chi connectivity index (χ1v) is 10.3. The van der Waals surface area contributed by atoms with E-state index in [4.69, 9.17) is 0 Å². The molecule has 0 unspecified atom stereocenters. The summed E-state index contributed by atoms with van der Waals surface area (Å²) in [5, 5.41) is 31.1. The fraction of sp³-hybridized carbons (Fsp3) is 0.231. The Morgan fingerprint density at radius 1 is 0.464 bits per heavy atom. The third-order valence-electron chi connectivity index (χ3n) is 7.18. The molecule has 0 fully saturated rings. The highest BCUT2D eigenvalue weighted by molar-refractivity contribution is 6.36. The van der Waals surface area contributed by atoms with Crippen LogP contribution in [0.3, 0.4) is 0 Å². The van der Waals surface area contributed by atoms with Gasteiger partial charge in [-0.05, 0) is 94.5 Å². The summed E-state index contributed by atoms with van der Waals surface area (Å²) in [5.74, 6) is 0.612. The molecule has 2 N–H and O–H groups in total. The lowest BCUT2D eigenvalue weighted by atomic mass is 9.79. The van der Waals surface area contributed by atoms with E-state index in [2.05, 4.69) is 24.3 Å². The molecule has 0 aliphatic heterocycles. The third-order valence-corrected chi connectivity index (χ3v) is 7.18. The van der Waals surface area contributed by atoms with E-state index in [0.717, 1.165) is 60.1 Å². The minimum absolute atomic E-state index is 0.306. The first-order chi connectivity index (χ1) is 13.7. The quantitative estimate of drug-likeness (QED) is 0.256. The Hall–Kier alpha value is -3.00. The highest BCUT2D eigenvalue weighted by atomic mass is 16.3. The summed E-state index contributed by atoms with van der Waals surface area (Å²) in [5.41, 5.74) is 5.23. The van der Waals surface area contributed by atoms with Crippen LogP contribution >= 0.6 is 0 Å². The van der Waals surface area contributed by atoms with Gasteiger partial charge in [-0.15, -0.1) is 0 Å². The van der Waals surface area contributed by atoms with E-state index < -0.39 is 0 Å². The van der Waals surface area contributed by atoms with Gasteiger partial charge in [-0.3, -0.25) is 0 Å². The second-order valence-corrected chi connectivity index (χ2v) is 8.61. The van der Waals surface area contributed by atoms with E-state index in [-0.39, 0.29) is 0 Å². The van der Waals surface area contributed by atoms with E-state index in [1.807, 2.05) is 12.1 Å². The predicted molar refractivity (Wildman–Crippen MR) is 115 cm³/mol. The Morgan fingerprint density at radius 2 is 0.893 bits per heavy atom. The summed E-state index contributed by atoms with van der Waals surface area (Å²) in [6.07, 6.45) is 6.44. The maximum Gasteiger partial charge on any atom is 0.124 e. The van der Waals surface area contributed by atoms with Crippen LogP contribution in [0.15, 0.2) is 36.4 Å². The maximum absolute atomic E-state index is 11.1. The van der Waals surface area contributed by atoms with Gasteiger partial charge in [0.15, 0.2) is 0 Å². The smallest absolute Gasteiger partial charge is 0.124 e. The molecule has 0 bridgehead atoms. The molecule has 2 aliphatic carbocycles. The predicted octanol–water partition coefficient (Wildman–Crippen LogP) is 6.13. The third kappa shape index (κ3) is 1.62. The molecule has 0 aromatic heterocycles. The fourth-order valence-corrected chi connectivity index (χ4v) is 6.12. The Labute approximate surface area is 162 Å². The van der Waals surface area contributed by atoms with Crippen molar-refractivity contribution in [2.45, 2.75) is 38.5 Å². The van der Waals surface area contributed by atoms with E-state index in [9.17, 15) is 10.2 Å². The number of phenolic OH excluding ortho intramolecular Hbond substituents is 2. The number of hydrogen-bond donors (Lipinski definition) is 2. The molecule has 0 atom stereocenters. The molecule has 7 rings (SSSR count). The lowest BCUT2D eigenvalue weighted by molar-refractivity contribution is 0.476. The molecule has 28 heavy (non-hydrogen) atoms. The summed E-state index contributed by atoms with van der Waals surface area (Å²) in [4.78, 5) is 0.